The minimum atomic E-state index is 0.483. The molecule has 2 rings (SSSR count). The van der Waals surface area contributed by atoms with E-state index in [1.54, 1.807) is 6.07 Å². The van der Waals surface area contributed by atoms with Crippen LogP contribution in [-0.2, 0) is 0 Å². The van der Waals surface area contributed by atoms with Crippen LogP contribution < -0.4 is 5.73 Å². The topological polar surface area (TPSA) is 51.8 Å². The van der Waals surface area contributed by atoms with Gasteiger partial charge in [-0.05, 0) is 13.0 Å². The smallest absolute Gasteiger partial charge is 0.171 e. The zero-order valence-electron chi connectivity index (χ0n) is 7.49. The van der Waals surface area contributed by atoms with Gasteiger partial charge in [-0.1, -0.05) is 11.6 Å². The lowest BCUT2D eigenvalue weighted by Crippen LogP contribution is -1.96. The lowest BCUT2D eigenvalue weighted by molar-refractivity contribution is 1.13. The van der Waals surface area contributed by atoms with Gasteiger partial charge in [-0.3, -0.25) is 0 Å². The van der Waals surface area contributed by atoms with E-state index in [4.69, 9.17) is 17.3 Å². The number of hydrogen-bond acceptors (Lipinski definition) is 4. The molecular weight excluding hydrogens is 218 g/mol. The first kappa shape index (κ1) is 9.43. The van der Waals surface area contributed by atoms with Gasteiger partial charge in [0.05, 0.1) is 9.90 Å². The van der Waals surface area contributed by atoms with Gasteiger partial charge in [-0.25, -0.2) is 9.97 Å². The molecule has 5 heteroatoms. The summed E-state index contributed by atoms with van der Waals surface area (Å²) >= 11 is 7.32. The predicted molar refractivity (Wildman–Crippen MR) is 59.5 cm³/mol. The second-order valence-corrected chi connectivity index (χ2v) is 4.23. The van der Waals surface area contributed by atoms with E-state index >= 15 is 0 Å². The molecule has 14 heavy (non-hydrogen) atoms. The molecule has 3 nitrogen and oxygen atoms in total. The molecule has 0 unspecified atom stereocenters. The molecule has 2 heterocycles. The summed E-state index contributed by atoms with van der Waals surface area (Å²) in [7, 11) is 0. The number of nitrogens with two attached hydrogens (primary N) is 1. The zero-order chi connectivity index (χ0) is 10.1. The molecule has 2 aromatic heterocycles. The van der Waals surface area contributed by atoms with E-state index < -0.39 is 0 Å². The third-order valence-electron chi connectivity index (χ3n) is 1.66. The van der Waals surface area contributed by atoms with Gasteiger partial charge < -0.3 is 5.73 Å². The number of nitrogens with zero attached hydrogens (tertiary/aromatic N) is 2. The highest BCUT2D eigenvalue weighted by atomic mass is 35.5. The molecule has 72 valence electrons. The van der Waals surface area contributed by atoms with Crippen LogP contribution in [0.2, 0.25) is 5.02 Å². The van der Waals surface area contributed by atoms with Crippen molar-refractivity contribution in [1.29, 1.82) is 0 Å². The van der Waals surface area contributed by atoms with E-state index in [9.17, 15) is 0 Å². The summed E-state index contributed by atoms with van der Waals surface area (Å²) in [5, 5.41) is 2.55. The summed E-state index contributed by atoms with van der Waals surface area (Å²) in [4.78, 5) is 9.35. The maximum Gasteiger partial charge on any atom is 0.171 e. The average Bonchev–Trinajstić information content (AvgIpc) is 2.50. The Balaban J connectivity index is 2.51. The van der Waals surface area contributed by atoms with Crippen LogP contribution in [-0.4, -0.2) is 9.97 Å². The highest BCUT2D eigenvalue weighted by molar-refractivity contribution is 7.14. The van der Waals surface area contributed by atoms with Crippen LogP contribution in [0.3, 0.4) is 0 Å². The number of rotatable bonds is 1. The number of nitrogen functional groups attached to an aromatic ring is 1. The maximum absolute atomic E-state index is 5.81. The molecule has 0 fully saturated rings. The first-order valence-corrected chi connectivity index (χ1v) is 5.26. The number of hydrogen-bond donors (Lipinski definition) is 1. The molecule has 0 radical (unpaired) electrons. The molecule has 0 aliphatic heterocycles. The molecule has 0 amide bonds. The Morgan fingerprint density at radius 2 is 2.14 bits per heavy atom. The van der Waals surface area contributed by atoms with Gasteiger partial charge in [0.15, 0.2) is 5.82 Å². The molecule has 0 atom stereocenters. The zero-order valence-corrected chi connectivity index (χ0v) is 9.06. The van der Waals surface area contributed by atoms with Gasteiger partial charge in [0.25, 0.3) is 0 Å². The van der Waals surface area contributed by atoms with Gasteiger partial charge in [0.2, 0.25) is 0 Å². The molecular formula is C9H8ClN3S. The fourth-order valence-electron chi connectivity index (χ4n) is 1.13. The second-order valence-electron chi connectivity index (χ2n) is 2.89. The SMILES string of the molecule is Cc1cc(N)nc(-c2cc(Cl)cs2)n1. The molecule has 0 bridgehead atoms. The Hall–Kier alpha value is -1.13. The maximum atomic E-state index is 5.81. The molecule has 0 spiro atoms. The van der Waals surface area contributed by atoms with Crippen molar-refractivity contribution in [3.05, 3.63) is 28.2 Å². The van der Waals surface area contributed by atoms with E-state index in [1.807, 2.05) is 18.4 Å². The van der Waals surface area contributed by atoms with Crippen LogP contribution in [0.15, 0.2) is 17.5 Å². The molecule has 0 aromatic carbocycles. The van der Waals surface area contributed by atoms with Gasteiger partial charge in [0, 0.05) is 17.1 Å². The number of aryl methyl sites for hydroxylation is 1. The fourth-order valence-corrected chi connectivity index (χ4v) is 2.14. The first-order valence-electron chi connectivity index (χ1n) is 4.01. The first-order chi connectivity index (χ1) is 6.65. The van der Waals surface area contributed by atoms with Gasteiger partial charge in [-0.15, -0.1) is 11.3 Å². The Labute approximate surface area is 90.6 Å². The van der Waals surface area contributed by atoms with E-state index in [0.717, 1.165) is 10.6 Å². The largest absolute Gasteiger partial charge is 0.384 e. The predicted octanol–water partition coefficient (Wildman–Crippen LogP) is 2.75. The quantitative estimate of drug-likeness (QED) is 0.812. The van der Waals surface area contributed by atoms with Crippen molar-refractivity contribution in [3.8, 4) is 10.7 Å². The standard InChI is InChI=1S/C9H8ClN3S/c1-5-2-8(11)13-9(12-5)7-3-6(10)4-14-7/h2-4H,1H3,(H2,11,12,13). The van der Waals surface area contributed by atoms with E-state index in [-0.39, 0.29) is 0 Å². The molecule has 0 aliphatic carbocycles. The Morgan fingerprint density at radius 1 is 1.36 bits per heavy atom. The fraction of sp³-hybridized carbons (Fsp3) is 0.111. The Morgan fingerprint density at radius 3 is 2.71 bits per heavy atom. The minimum Gasteiger partial charge on any atom is -0.384 e. The van der Waals surface area contributed by atoms with E-state index in [1.165, 1.54) is 11.3 Å². The van der Waals surface area contributed by atoms with Crippen LogP contribution in [0.25, 0.3) is 10.7 Å². The Kier molecular flexibility index (Phi) is 2.39. The summed E-state index contributed by atoms with van der Waals surface area (Å²) in [6, 6.07) is 3.57. The molecule has 2 N–H and O–H groups in total. The second kappa shape index (κ2) is 3.55. The molecule has 2 aromatic rings. The third-order valence-corrected chi connectivity index (χ3v) is 2.94. The van der Waals surface area contributed by atoms with Gasteiger partial charge >= 0.3 is 0 Å². The van der Waals surface area contributed by atoms with Crippen molar-refractivity contribution in [1.82, 2.24) is 9.97 Å². The van der Waals surface area contributed by atoms with Crippen molar-refractivity contribution in [2.45, 2.75) is 6.92 Å². The molecule has 0 saturated carbocycles. The minimum absolute atomic E-state index is 0.483. The van der Waals surface area contributed by atoms with Gasteiger partial charge in [0.1, 0.15) is 5.82 Å². The number of aromatic nitrogens is 2. The van der Waals surface area contributed by atoms with E-state index in [0.29, 0.717) is 16.7 Å². The van der Waals surface area contributed by atoms with Gasteiger partial charge in [-0.2, -0.15) is 0 Å². The van der Waals surface area contributed by atoms with E-state index in [2.05, 4.69) is 9.97 Å². The van der Waals surface area contributed by atoms with Crippen LogP contribution in [0.1, 0.15) is 5.69 Å². The molecule has 0 aliphatic rings. The third kappa shape index (κ3) is 1.86. The lowest BCUT2D eigenvalue weighted by Gasteiger charge is -1.99. The summed E-state index contributed by atoms with van der Waals surface area (Å²) < 4.78 is 0. The Bertz CT molecular complexity index is 447. The average molecular weight is 226 g/mol. The summed E-state index contributed by atoms with van der Waals surface area (Å²) in [6.07, 6.45) is 0. The van der Waals surface area contributed by atoms with Crippen molar-refractivity contribution < 1.29 is 0 Å². The highest BCUT2D eigenvalue weighted by Crippen LogP contribution is 2.27. The number of halogens is 1. The highest BCUT2D eigenvalue weighted by Gasteiger charge is 2.05. The van der Waals surface area contributed by atoms with Crippen LogP contribution in [0.4, 0.5) is 5.82 Å². The summed E-state index contributed by atoms with van der Waals surface area (Å²) in [6.45, 7) is 1.89. The van der Waals surface area contributed by atoms with Crippen molar-refractivity contribution in [2.75, 3.05) is 5.73 Å². The monoisotopic (exact) mass is 225 g/mol. The normalized spacial score (nSPS) is 10.4. The lowest BCUT2D eigenvalue weighted by atomic mass is 10.4. The summed E-state index contributed by atoms with van der Waals surface area (Å²) in [5.74, 6) is 1.12. The van der Waals surface area contributed by atoms with Crippen molar-refractivity contribution in [3.63, 3.8) is 0 Å². The van der Waals surface area contributed by atoms with Crippen LogP contribution in [0, 0.1) is 6.92 Å². The number of thiophene rings is 1. The summed E-state index contributed by atoms with van der Waals surface area (Å²) in [5.41, 5.74) is 6.48. The molecule has 0 saturated heterocycles. The van der Waals surface area contributed by atoms with Crippen LogP contribution in [0.5, 0.6) is 0 Å². The van der Waals surface area contributed by atoms with Crippen molar-refractivity contribution >= 4 is 28.8 Å². The number of anilines is 1. The van der Waals surface area contributed by atoms with Crippen molar-refractivity contribution in [2.24, 2.45) is 0 Å². The van der Waals surface area contributed by atoms with Crippen LogP contribution >= 0.6 is 22.9 Å².